The van der Waals surface area contributed by atoms with Gasteiger partial charge in [-0.25, -0.2) is 4.98 Å². The maximum Gasteiger partial charge on any atom is 0.253 e. The van der Waals surface area contributed by atoms with Crippen LogP contribution in [0.4, 0.5) is 5.13 Å². The number of carbonyl (C=O) groups excluding carboxylic acids is 1. The van der Waals surface area contributed by atoms with E-state index in [-0.39, 0.29) is 5.91 Å². The Labute approximate surface area is 161 Å². The molecule has 2 heterocycles. The van der Waals surface area contributed by atoms with Crippen LogP contribution in [0.5, 0.6) is 0 Å². The minimum Gasteiger partial charge on any atom is -0.345 e. The quantitative estimate of drug-likeness (QED) is 0.671. The van der Waals surface area contributed by atoms with Gasteiger partial charge in [0.15, 0.2) is 5.13 Å². The van der Waals surface area contributed by atoms with Gasteiger partial charge in [-0.1, -0.05) is 41.9 Å². The summed E-state index contributed by atoms with van der Waals surface area (Å²) in [5.74, 6) is 0.103. The van der Waals surface area contributed by atoms with E-state index in [9.17, 15) is 4.79 Å². The van der Waals surface area contributed by atoms with Gasteiger partial charge in [0.05, 0.1) is 5.69 Å². The van der Waals surface area contributed by atoms with Crippen molar-refractivity contribution in [3.05, 3.63) is 70.6 Å². The third-order valence-electron chi connectivity index (χ3n) is 4.49. The first-order valence-corrected chi connectivity index (χ1v) is 9.77. The topological polar surface area (TPSA) is 36.4 Å². The Morgan fingerprint density at radius 3 is 2.35 bits per heavy atom. The summed E-state index contributed by atoms with van der Waals surface area (Å²) in [6.07, 6.45) is 0. The van der Waals surface area contributed by atoms with Gasteiger partial charge < -0.3 is 9.80 Å². The summed E-state index contributed by atoms with van der Waals surface area (Å²) in [7, 11) is 0. The van der Waals surface area contributed by atoms with Gasteiger partial charge in [0.25, 0.3) is 5.91 Å². The van der Waals surface area contributed by atoms with Gasteiger partial charge in [0.1, 0.15) is 0 Å². The summed E-state index contributed by atoms with van der Waals surface area (Å²) >= 11 is 7.59. The molecule has 1 saturated heterocycles. The first-order valence-electron chi connectivity index (χ1n) is 8.51. The van der Waals surface area contributed by atoms with Crippen molar-refractivity contribution >= 4 is 34.0 Å². The van der Waals surface area contributed by atoms with E-state index in [0.29, 0.717) is 13.1 Å². The average molecular weight is 384 g/mol. The second-order valence-electron chi connectivity index (χ2n) is 6.17. The van der Waals surface area contributed by atoms with E-state index in [4.69, 9.17) is 16.6 Å². The summed E-state index contributed by atoms with van der Waals surface area (Å²) in [6, 6.07) is 17.2. The Morgan fingerprint density at radius 1 is 0.962 bits per heavy atom. The third kappa shape index (κ3) is 3.59. The van der Waals surface area contributed by atoms with Crippen LogP contribution < -0.4 is 4.90 Å². The van der Waals surface area contributed by atoms with Crippen LogP contribution in [0.15, 0.2) is 60.0 Å². The van der Waals surface area contributed by atoms with E-state index in [1.807, 2.05) is 59.5 Å². The lowest BCUT2D eigenvalue weighted by Gasteiger charge is -2.34. The zero-order valence-electron chi connectivity index (χ0n) is 14.1. The molecule has 0 radical (unpaired) electrons. The van der Waals surface area contributed by atoms with E-state index in [1.54, 1.807) is 11.3 Å². The monoisotopic (exact) mass is 383 g/mol. The van der Waals surface area contributed by atoms with Gasteiger partial charge in [-0.05, 0) is 24.3 Å². The maximum absolute atomic E-state index is 12.5. The summed E-state index contributed by atoms with van der Waals surface area (Å²) in [4.78, 5) is 21.5. The fourth-order valence-electron chi connectivity index (χ4n) is 3.03. The van der Waals surface area contributed by atoms with E-state index in [0.717, 1.165) is 40.1 Å². The highest BCUT2D eigenvalue weighted by molar-refractivity contribution is 7.14. The molecule has 4 nitrogen and oxygen atoms in total. The number of anilines is 1. The molecular weight excluding hydrogens is 366 g/mol. The lowest BCUT2D eigenvalue weighted by Crippen LogP contribution is -2.48. The minimum absolute atomic E-state index is 0.103. The summed E-state index contributed by atoms with van der Waals surface area (Å²) in [5, 5.41) is 3.80. The van der Waals surface area contributed by atoms with Gasteiger partial charge in [-0.3, -0.25) is 4.79 Å². The molecule has 0 spiro atoms. The molecule has 0 N–H and O–H groups in total. The summed E-state index contributed by atoms with van der Waals surface area (Å²) < 4.78 is 0. The van der Waals surface area contributed by atoms with Gasteiger partial charge in [-0.15, -0.1) is 11.3 Å². The van der Waals surface area contributed by atoms with Crippen LogP contribution >= 0.6 is 22.9 Å². The summed E-state index contributed by atoms with van der Waals surface area (Å²) in [6.45, 7) is 3.02. The molecule has 2 aromatic carbocycles. The van der Waals surface area contributed by atoms with Crippen molar-refractivity contribution in [1.29, 1.82) is 0 Å². The third-order valence-corrected chi connectivity index (χ3v) is 5.64. The van der Waals surface area contributed by atoms with Crippen LogP contribution in [0.25, 0.3) is 11.3 Å². The molecule has 4 rings (SSSR count). The predicted molar refractivity (Wildman–Crippen MR) is 107 cm³/mol. The van der Waals surface area contributed by atoms with E-state index in [2.05, 4.69) is 10.3 Å². The van der Waals surface area contributed by atoms with Crippen LogP contribution in [-0.2, 0) is 0 Å². The lowest BCUT2D eigenvalue weighted by atomic mass is 10.2. The molecule has 3 aromatic rings. The molecule has 1 amide bonds. The largest absolute Gasteiger partial charge is 0.345 e. The molecule has 132 valence electrons. The van der Waals surface area contributed by atoms with Gasteiger partial charge >= 0.3 is 0 Å². The molecule has 1 aromatic heterocycles. The number of rotatable bonds is 3. The minimum atomic E-state index is 0.103. The van der Waals surface area contributed by atoms with Crippen LogP contribution in [-0.4, -0.2) is 42.0 Å². The van der Waals surface area contributed by atoms with Crippen molar-refractivity contribution in [2.45, 2.75) is 0 Å². The Bertz CT molecular complexity index is 887. The number of carbonyl (C=O) groups is 1. The number of aromatic nitrogens is 1. The standard InChI is InChI=1S/C20H18ClN3OS/c21-17-8-6-15(7-9-17)18-14-26-20(22-18)24-12-10-23(11-13-24)19(25)16-4-2-1-3-5-16/h1-9,14H,10-13H2. The molecule has 1 aliphatic heterocycles. The Balaban J connectivity index is 1.41. The van der Waals surface area contributed by atoms with E-state index < -0.39 is 0 Å². The fourth-order valence-corrected chi connectivity index (χ4v) is 4.04. The first kappa shape index (κ1) is 17.1. The highest BCUT2D eigenvalue weighted by Gasteiger charge is 2.23. The smallest absolute Gasteiger partial charge is 0.253 e. The highest BCUT2D eigenvalue weighted by atomic mass is 35.5. The molecule has 1 aliphatic rings. The van der Waals surface area contributed by atoms with Crippen molar-refractivity contribution in [3.8, 4) is 11.3 Å². The lowest BCUT2D eigenvalue weighted by molar-refractivity contribution is 0.0747. The molecular formula is C20H18ClN3OS. The molecule has 0 saturated carbocycles. The van der Waals surface area contributed by atoms with Crippen LogP contribution in [0.1, 0.15) is 10.4 Å². The SMILES string of the molecule is O=C(c1ccccc1)N1CCN(c2nc(-c3ccc(Cl)cc3)cs2)CC1. The number of hydrogen-bond donors (Lipinski definition) is 0. The number of piperazine rings is 1. The van der Waals surface area contributed by atoms with Gasteiger partial charge in [0, 0.05) is 47.7 Å². The number of hydrogen-bond acceptors (Lipinski definition) is 4. The predicted octanol–water partition coefficient (Wildman–Crippen LogP) is 4.43. The van der Waals surface area contributed by atoms with Crippen molar-refractivity contribution in [2.75, 3.05) is 31.1 Å². The second kappa shape index (κ2) is 7.48. The zero-order chi connectivity index (χ0) is 17.9. The number of nitrogens with zero attached hydrogens (tertiary/aromatic N) is 3. The van der Waals surface area contributed by atoms with Crippen molar-refractivity contribution in [1.82, 2.24) is 9.88 Å². The van der Waals surface area contributed by atoms with Crippen LogP contribution in [0, 0.1) is 0 Å². The second-order valence-corrected chi connectivity index (χ2v) is 7.44. The Kier molecular flexibility index (Phi) is 4.91. The Hall–Kier alpha value is -2.37. The molecule has 0 bridgehead atoms. The normalized spacial score (nSPS) is 14.5. The maximum atomic E-state index is 12.5. The van der Waals surface area contributed by atoms with Gasteiger partial charge in [-0.2, -0.15) is 0 Å². The first-order chi connectivity index (χ1) is 12.7. The van der Waals surface area contributed by atoms with Crippen LogP contribution in [0.2, 0.25) is 5.02 Å². The van der Waals surface area contributed by atoms with Crippen molar-refractivity contribution in [3.63, 3.8) is 0 Å². The number of thiazole rings is 1. The molecule has 1 fully saturated rings. The summed E-state index contributed by atoms with van der Waals surface area (Å²) in [5.41, 5.74) is 2.78. The van der Waals surface area contributed by atoms with Gasteiger partial charge in [0.2, 0.25) is 0 Å². The molecule has 0 aliphatic carbocycles. The molecule has 26 heavy (non-hydrogen) atoms. The molecule has 0 unspecified atom stereocenters. The molecule has 6 heteroatoms. The number of benzene rings is 2. The molecule has 0 atom stereocenters. The number of amides is 1. The van der Waals surface area contributed by atoms with Crippen molar-refractivity contribution < 1.29 is 4.79 Å². The highest BCUT2D eigenvalue weighted by Crippen LogP contribution is 2.29. The van der Waals surface area contributed by atoms with E-state index >= 15 is 0 Å². The Morgan fingerprint density at radius 2 is 1.65 bits per heavy atom. The fraction of sp³-hybridized carbons (Fsp3) is 0.200. The van der Waals surface area contributed by atoms with Crippen LogP contribution in [0.3, 0.4) is 0 Å². The number of halogens is 1. The zero-order valence-corrected chi connectivity index (χ0v) is 15.7. The average Bonchev–Trinajstić information content (AvgIpc) is 3.19. The van der Waals surface area contributed by atoms with E-state index in [1.165, 1.54) is 0 Å². The van der Waals surface area contributed by atoms with Crippen molar-refractivity contribution in [2.24, 2.45) is 0 Å².